The first-order valence-corrected chi connectivity index (χ1v) is 1.80. The number of nitrogens with zero attached hydrogens (tertiary/aromatic N) is 1. The van der Waals surface area contributed by atoms with Crippen LogP contribution in [0, 0.1) is 11.3 Å². The summed E-state index contributed by atoms with van der Waals surface area (Å²) in [5.41, 5.74) is 0. The van der Waals surface area contributed by atoms with Crippen LogP contribution in [-0.4, -0.2) is 19.5 Å². The first-order chi connectivity index (χ1) is 3.41. The Morgan fingerprint density at radius 2 is 2.57 bits per heavy atom. The molecule has 0 unspecified atom stereocenters. The van der Waals surface area contributed by atoms with Crippen LogP contribution in [0.5, 0.6) is 0 Å². The number of rotatable bonds is 3. The van der Waals surface area contributed by atoms with Gasteiger partial charge in [0.15, 0.2) is 0 Å². The highest BCUT2D eigenvalue weighted by atomic mass is 16.5. The lowest BCUT2D eigenvalue weighted by Crippen LogP contribution is -1.93. The van der Waals surface area contributed by atoms with E-state index in [1.807, 2.05) is 0 Å². The van der Waals surface area contributed by atoms with Crippen LogP contribution in [0.25, 0.3) is 0 Å². The van der Waals surface area contributed by atoms with E-state index in [0.717, 1.165) is 0 Å². The maximum atomic E-state index is 9.45. The molecular weight excluding hydrogens is 94.0 g/mol. The van der Waals surface area contributed by atoms with Crippen LogP contribution in [0.4, 0.5) is 0 Å². The molecule has 0 spiro atoms. The van der Waals surface area contributed by atoms with E-state index in [4.69, 9.17) is 5.26 Å². The summed E-state index contributed by atoms with van der Waals surface area (Å²) in [5, 5.41) is 7.80. The van der Waals surface area contributed by atoms with Crippen LogP contribution < -0.4 is 0 Å². The third-order valence-electron chi connectivity index (χ3n) is 0.353. The Morgan fingerprint density at radius 3 is 3.00 bits per heavy atom. The predicted molar refractivity (Wildman–Crippen MR) is 22.5 cm³/mol. The molecule has 0 heterocycles. The third-order valence-corrected chi connectivity index (χ3v) is 0.353. The number of carbonyl (C=O) groups excluding carboxylic acids is 1. The van der Waals surface area contributed by atoms with Gasteiger partial charge in [0.2, 0.25) is 0 Å². The Balaban J connectivity index is 2.72. The normalized spacial score (nSPS) is 7.29. The van der Waals surface area contributed by atoms with E-state index in [9.17, 15) is 4.79 Å². The molecular formula is C4H5NO2. The molecule has 0 atom stereocenters. The van der Waals surface area contributed by atoms with Gasteiger partial charge < -0.3 is 9.53 Å². The maximum Gasteiger partial charge on any atom is 0.145 e. The van der Waals surface area contributed by atoms with Gasteiger partial charge in [-0.25, -0.2) is 0 Å². The predicted octanol–water partition coefficient (Wildman–Crippen LogP) is -0.275. The lowest BCUT2D eigenvalue weighted by Gasteiger charge is -1.83. The number of hydrogen-bond donors (Lipinski definition) is 0. The highest BCUT2D eigenvalue weighted by molar-refractivity contribution is 5.50. The van der Waals surface area contributed by atoms with Crippen LogP contribution >= 0.6 is 0 Å². The Hall–Kier alpha value is -0.880. The van der Waals surface area contributed by atoms with E-state index in [1.165, 1.54) is 0 Å². The van der Waals surface area contributed by atoms with Crippen molar-refractivity contribution < 1.29 is 9.53 Å². The molecule has 0 aliphatic rings. The summed E-state index contributed by atoms with van der Waals surface area (Å²) in [6, 6.07) is 1.72. The van der Waals surface area contributed by atoms with Gasteiger partial charge in [-0.05, 0) is 0 Å². The summed E-state index contributed by atoms with van der Waals surface area (Å²) in [6.45, 7) is 0.0201. The van der Waals surface area contributed by atoms with Crippen LogP contribution in [0.1, 0.15) is 0 Å². The van der Waals surface area contributed by atoms with Crippen LogP contribution in [0.15, 0.2) is 0 Å². The van der Waals surface area contributed by atoms with Crippen molar-refractivity contribution in [2.75, 3.05) is 13.2 Å². The summed E-state index contributed by atoms with van der Waals surface area (Å²) >= 11 is 0. The van der Waals surface area contributed by atoms with Gasteiger partial charge in [0, 0.05) is 0 Å². The molecule has 38 valence electrons. The summed E-state index contributed by atoms with van der Waals surface area (Å²) in [5.74, 6) is 0. The van der Waals surface area contributed by atoms with Gasteiger partial charge in [-0.15, -0.1) is 0 Å². The number of hydrogen-bond acceptors (Lipinski definition) is 3. The van der Waals surface area contributed by atoms with E-state index < -0.39 is 0 Å². The lowest BCUT2D eigenvalue weighted by atomic mass is 10.8. The summed E-state index contributed by atoms with van der Waals surface area (Å²) < 4.78 is 4.40. The number of carbonyl (C=O) groups is 1. The Labute approximate surface area is 41.5 Å². The molecule has 0 radical (unpaired) electrons. The van der Waals surface area contributed by atoms with Crippen LogP contribution in [-0.2, 0) is 9.53 Å². The topological polar surface area (TPSA) is 50.1 Å². The lowest BCUT2D eigenvalue weighted by molar-refractivity contribution is -0.111. The van der Waals surface area contributed by atoms with Crippen LogP contribution in [0.2, 0.25) is 0 Å². The third kappa shape index (κ3) is 5.12. The highest BCUT2D eigenvalue weighted by Gasteiger charge is 1.76. The average molecular weight is 99.1 g/mol. The molecule has 0 aliphatic heterocycles. The molecule has 0 aromatic heterocycles. The van der Waals surface area contributed by atoms with Gasteiger partial charge in [-0.2, -0.15) is 5.26 Å². The van der Waals surface area contributed by atoms with Crippen molar-refractivity contribution in [2.24, 2.45) is 0 Å². The van der Waals surface area contributed by atoms with Gasteiger partial charge >= 0.3 is 0 Å². The van der Waals surface area contributed by atoms with Gasteiger partial charge in [-0.3, -0.25) is 0 Å². The second-order valence-corrected chi connectivity index (χ2v) is 0.840. The van der Waals surface area contributed by atoms with E-state index in [1.54, 1.807) is 6.07 Å². The van der Waals surface area contributed by atoms with Gasteiger partial charge in [0.05, 0.1) is 6.07 Å². The van der Waals surface area contributed by atoms with E-state index in [2.05, 4.69) is 4.74 Å². The molecule has 3 nitrogen and oxygen atoms in total. The van der Waals surface area contributed by atoms with Crippen molar-refractivity contribution in [1.29, 1.82) is 5.26 Å². The van der Waals surface area contributed by atoms with E-state index in [-0.39, 0.29) is 13.2 Å². The van der Waals surface area contributed by atoms with Gasteiger partial charge in [-0.1, -0.05) is 0 Å². The van der Waals surface area contributed by atoms with Crippen molar-refractivity contribution in [2.45, 2.75) is 0 Å². The second kappa shape index (κ2) is 5.12. The smallest absolute Gasteiger partial charge is 0.145 e. The maximum absolute atomic E-state index is 9.45. The molecule has 0 saturated heterocycles. The Morgan fingerprint density at radius 1 is 1.86 bits per heavy atom. The summed E-state index contributed by atoms with van der Waals surface area (Å²) in [6.07, 6.45) is 0.608. The van der Waals surface area contributed by atoms with Crippen LogP contribution in [0.3, 0.4) is 0 Å². The fourth-order valence-corrected chi connectivity index (χ4v) is 0.153. The van der Waals surface area contributed by atoms with Crippen molar-refractivity contribution >= 4 is 6.29 Å². The number of nitriles is 1. The zero-order valence-corrected chi connectivity index (χ0v) is 3.76. The Bertz CT molecular complexity index is 84.2. The standard InChI is InChI=1S/C4H5NO2/c5-1-3-7-4-2-6/h2H,3-4H2. The first-order valence-electron chi connectivity index (χ1n) is 1.80. The zero-order chi connectivity index (χ0) is 5.54. The SMILES string of the molecule is N#CCOCC=O. The van der Waals surface area contributed by atoms with Crippen molar-refractivity contribution in [1.82, 2.24) is 0 Å². The number of ether oxygens (including phenoxy) is 1. The molecule has 0 rings (SSSR count). The molecule has 7 heavy (non-hydrogen) atoms. The average Bonchev–Trinajstić information content (AvgIpc) is 1.69. The monoisotopic (exact) mass is 99.0 g/mol. The second-order valence-electron chi connectivity index (χ2n) is 0.840. The Kier molecular flexibility index (Phi) is 4.48. The molecule has 0 amide bonds. The molecule has 3 heteroatoms. The van der Waals surface area contributed by atoms with Crippen molar-refractivity contribution in [3.63, 3.8) is 0 Å². The highest BCUT2D eigenvalue weighted by Crippen LogP contribution is 1.63. The summed E-state index contributed by atoms with van der Waals surface area (Å²) in [4.78, 5) is 9.45. The minimum atomic E-state index is -0.00125. The molecule has 0 aromatic carbocycles. The van der Waals surface area contributed by atoms with Gasteiger partial charge in [0.1, 0.15) is 19.5 Å². The molecule has 0 saturated carbocycles. The van der Waals surface area contributed by atoms with Crippen molar-refractivity contribution in [3.05, 3.63) is 0 Å². The van der Waals surface area contributed by atoms with Gasteiger partial charge in [0.25, 0.3) is 0 Å². The largest absolute Gasteiger partial charge is 0.359 e. The molecule has 0 bridgehead atoms. The molecule has 0 aromatic rings. The first kappa shape index (κ1) is 6.12. The minimum Gasteiger partial charge on any atom is -0.359 e. The number of aldehydes is 1. The molecule has 0 fully saturated rings. The zero-order valence-electron chi connectivity index (χ0n) is 3.76. The van der Waals surface area contributed by atoms with E-state index >= 15 is 0 Å². The molecule has 0 N–H and O–H groups in total. The van der Waals surface area contributed by atoms with E-state index in [0.29, 0.717) is 6.29 Å². The quantitative estimate of drug-likeness (QED) is 0.361. The summed E-state index contributed by atoms with van der Waals surface area (Å²) in [7, 11) is 0. The molecule has 0 aliphatic carbocycles. The van der Waals surface area contributed by atoms with Crippen molar-refractivity contribution in [3.8, 4) is 6.07 Å². The fourth-order valence-electron chi connectivity index (χ4n) is 0.153. The fraction of sp³-hybridized carbons (Fsp3) is 0.500. The minimum absolute atomic E-state index is 0.00125.